The zero-order valence-corrected chi connectivity index (χ0v) is 22.1. The number of carbonyl (C=O) groups is 2. The number of guanidine groups is 2. The van der Waals surface area contributed by atoms with Crippen LogP contribution in [0.1, 0.15) is 58.9 Å². The molecule has 0 saturated carbocycles. The van der Waals surface area contributed by atoms with Crippen LogP contribution in [0.5, 0.6) is 0 Å². The van der Waals surface area contributed by atoms with E-state index in [2.05, 4.69) is 25.9 Å². The van der Waals surface area contributed by atoms with Crippen LogP contribution >= 0.6 is 0 Å². The number of amides is 2. The van der Waals surface area contributed by atoms with Gasteiger partial charge in [0.15, 0.2) is 11.9 Å². The zero-order valence-electron chi connectivity index (χ0n) is 22.1. The van der Waals surface area contributed by atoms with Gasteiger partial charge in [-0.3, -0.25) is 19.6 Å². The Labute approximate surface area is 214 Å². The fourth-order valence-electron chi connectivity index (χ4n) is 3.74. The van der Waals surface area contributed by atoms with E-state index in [1.54, 1.807) is 0 Å². The molecule has 0 aliphatic heterocycles. The molecule has 11 heteroatoms. The Morgan fingerprint density at radius 2 is 1.47 bits per heavy atom. The summed E-state index contributed by atoms with van der Waals surface area (Å²) in [5.74, 6) is -0.420. The Morgan fingerprint density at radius 1 is 0.889 bits per heavy atom. The number of nitrogens with one attached hydrogen (secondary N) is 3. The molecule has 0 heterocycles. The first-order valence-corrected chi connectivity index (χ1v) is 12.4. The molecule has 1 aromatic rings. The number of benzene rings is 1. The van der Waals surface area contributed by atoms with E-state index >= 15 is 0 Å². The van der Waals surface area contributed by atoms with Crippen molar-refractivity contribution in [3.63, 3.8) is 0 Å². The molecular weight excluding hydrogens is 458 g/mol. The van der Waals surface area contributed by atoms with E-state index in [1.165, 1.54) is 0 Å². The molecule has 0 fully saturated rings. The lowest BCUT2D eigenvalue weighted by Crippen LogP contribution is -2.57. The van der Waals surface area contributed by atoms with Gasteiger partial charge in [-0.2, -0.15) is 0 Å². The molecule has 1 rings (SSSR count). The average molecular weight is 504 g/mol. The summed E-state index contributed by atoms with van der Waals surface area (Å²) in [6.07, 6.45) is 2.89. The van der Waals surface area contributed by atoms with Crippen LogP contribution in [0.4, 0.5) is 0 Å². The highest BCUT2D eigenvalue weighted by atomic mass is 16.2. The van der Waals surface area contributed by atoms with Crippen molar-refractivity contribution in [2.45, 2.75) is 83.5 Å². The molecule has 11 nitrogen and oxygen atoms in total. The summed E-state index contributed by atoms with van der Waals surface area (Å²) in [5.41, 5.74) is 22.0. The predicted octanol–water partition coefficient (Wildman–Crippen LogP) is 0.0825. The Hall–Kier alpha value is -3.34. The topological polar surface area (TPSA) is 199 Å². The number of hydrogen-bond acceptors (Lipinski definition) is 5. The molecule has 2 amide bonds. The van der Waals surface area contributed by atoms with Gasteiger partial charge in [-0.05, 0) is 45.1 Å². The second kappa shape index (κ2) is 15.6. The number of hydrogen-bond donors (Lipinski definition) is 7. The average Bonchev–Trinajstić information content (AvgIpc) is 2.78. The second-order valence-corrected chi connectivity index (χ2v) is 9.86. The molecule has 0 saturated heterocycles. The minimum Gasteiger partial charge on any atom is -0.370 e. The van der Waals surface area contributed by atoms with E-state index in [1.807, 2.05) is 58.0 Å². The lowest BCUT2D eigenvalue weighted by molar-refractivity contribution is -0.131. The molecule has 0 aromatic heterocycles. The lowest BCUT2D eigenvalue weighted by Gasteiger charge is -2.30. The normalized spacial score (nSPS) is 12.9. The van der Waals surface area contributed by atoms with Crippen LogP contribution in [0.3, 0.4) is 0 Å². The Kier molecular flexibility index (Phi) is 13.3. The summed E-state index contributed by atoms with van der Waals surface area (Å²) in [6, 6.07) is 8.45. The standard InChI is InChI=1S/C25H45N9O2/c1-17(2)32-19(12-8-14-30-23(26)27)21(35)33-20(16-18-10-6-5-7-11-18)22(36)34-25(3,4)13-9-15-31-24(28)29/h5-7,10-11,17,19-20,32H,8-9,12-16H2,1-4H3,(H,33,35)(H,34,36)(H4,26,27,30)(H4,28,29,31). The number of aliphatic imine (C=N–C) groups is 2. The Bertz CT molecular complexity index is 862. The maximum atomic E-state index is 13.4. The predicted molar refractivity (Wildman–Crippen MR) is 146 cm³/mol. The van der Waals surface area contributed by atoms with Gasteiger partial charge < -0.3 is 38.9 Å². The number of carbonyl (C=O) groups excluding carboxylic acids is 2. The first kappa shape index (κ1) is 30.7. The van der Waals surface area contributed by atoms with Crippen LogP contribution in [0, 0.1) is 0 Å². The summed E-state index contributed by atoms with van der Waals surface area (Å²) in [5, 5.41) is 9.34. The van der Waals surface area contributed by atoms with E-state index in [0.717, 1.165) is 5.56 Å². The van der Waals surface area contributed by atoms with Crippen LogP contribution in [0.2, 0.25) is 0 Å². The molecule has 11 N–H and O–H groups in total. The highest BCUT2D eigenvalue weighted by molar-refractivity contribution is 5.90. The summed E-state index contributed by atoms with van der Waals surface area (Å²) >= 11 is 0. The van der Waals surface area contributed by atoms with E-state index in [0.29, 0.717) is 45.2 Å². The SMILES string of the molecule is CC(C)NC(CCCN=C(N)N)C(=O)NC(Cc1ccccc1)C(=O)NC(C)(C)CCCN=C(N)N. The summed E-state index contributed by atoms with van der Waals surface area (Å²) < 4.78 is 0. The molecule has 0 bridgehead atoms. The van der Waals surface area contributed by atoms with Gasteiger partial charge in [-0.15, -0.1) is 0 Å². The fraction of sp³-hybridized carbons (Fsp3) is 0.600. The lowest BCUT2D eigenvalue weighted by atomic mass is 9.96. The van der Waals surface area contributed by atoms with Crippen LogP contribution < -0.4 is 38.9 Å². The van der Waals surface area contributed by atoms with E-state index in [9.17, 15) is 9.59 Å². The number of rotatable bonds is 16. The van der Waals surface area contributed by atoms with Crippen molar-refractivity contribution in [2.75, 3.05) is 13.1 Å². The van der Waals surface area contributed by atoms with Crippen LogP contribution in [-0.2, 0) is 16.0 Å². The molecule has 1 aromatic carbocycles. The van der Waals surface area contributed by atoms with Crippen molar-refractivity contribution in [1.82, 2.24) is 16.0 Å². The quantitative estimate of drug-likeness (QED) is 0.0940. The van der Waals surface area contributed by atoms with Gasteiger partial charge in [0.1, 0.15) is 6.04 Å². The molecule has 202 valence electrons. The summed E-state index contributed by atoms with van der Waals surface area (Å²) in [7, 11) is 0. The fourth-order valence-corrected chi connectivity index (χ4v) is 3.74. The zero-order chi connectivity index (χ0) is 27.1. The molecule has 2 atom stereocenters. The Morgan fingerprint density at radius 3 is 2.03 bits per heavy atom. The minimum absolute atomic E-state index is 0.0216. The van der Waals surface area contributed by atoms with Crippen molar-refractivity contribution in [3.05, 3.63) is 35.9 Å². The summed E-state index contributed by atoms with van der Waals surface area (Å²) in [6.45, 7) is 8.72. The molecule has 0 spiro atoms. The number of nitrogens with zero attached hydrogens (tertiary/aromatic N) is 2. The first-order valence-electron chi connectivity index (χ1n) is 12.4. The van der Waals surface area contributed by atoms with Gasteiger partial charge in [0.25, 0.3) is 0 Å². The highest BCUT2D eigenvalue weighted by Crippen LogP contribution is 2.13. The van der Waals surface area contributed by atoms with E-state index < -0.39 is 17.6 Å². The van der Waals surface area contributed by atoms with Gasteiger partial charge in [0.2, 0.25) is 11.8 Å². The highest BCUT2D eigenvalue weighted by Gasteiger charge is 2.29. The maximum Gasteiger partial charge on any atom is 0.243 e. The third kappa shape index (κ3) is 13.5. The molecule has 0 aliphatic carbocycles. The molecule has 2 unspecified atom stereocenters. The van der Waals surface area contributed by atoms with Crippen LogP contribution in [0.15, 0.2) is 40.3 Å². The van der Waals surface area contributed by atoms with Crippen molar-refractivity contribution in [2.24, 2.45) is 32.9 Å². The van der Waals surface area contributed by atoms with Gasteiger partial charge in [-0.1, -0.05) is 44.2 Å². The van der Waals surface area contributed by atoms with Gasteiger partial charge in [-0.25, -0.2) is 0 Å². The molecule has 0 aliphatic rings. The van der Waals surface area contributed by atoms with Crippen molar-refractivity contribution < 1.29 is 9.59 Å². The third-order valence-corrected chi connectivity index (χ3v) is 5.43. The van der Waals surface area contributed by atoms with Crippen molar-refractivity contribution in [1.29, 1.82) is 0 Å². The Balaban J connectivity index is 2.94. The smallest absolute Gasteiger partial charge is 0.243 e. The monoisotopic (exact) mass is 503 g/mol. The largest absolute Gasteiger partial charge is 0.370 e. The third-order valence-electron chi connectivity index (χ3n) is 5.43. The van der Waals surface area contributed by atoms with Gasteiger partial charge in [0, 0.05) is 31.1 Å². The second-order valence-electron chi connectivity index (χ2n) is 9.86. The summed E-state index contributed by atoms with van der Waals surface area (Å²) in [4.78, 5) is 34.6. The van der Waals surface area contributed by atoms with E-state index in [4.69, 9.17) is 22.9 Å². The molecule has 36 heavy (non-hydrogen) atoms. The maximum absolute atomic E-state index is 13.4. The van der Waals surface area contributed by atoms with Gasteiger partial charge >= 0.3 is 0 Å². The first-order chi connectivity index (χ1) is 16.9. The molecular formula is C25H45N9O2. The van der Waals surface area contributed by atoms with Crippen LogP contribution in [-0.4, -0.2) is 60.5 Å². The molecule has 0 radical (unpaired) electrons. The van der Waals surface area contributed by atoms with E-state index in [-0.39, 0.29) is 29.8 Å². The van der Waals surface area contributed by atoms with Gasteiger partial charge in [0.05, 0.1) is 6.04 Å². The van der Waals surface area contributed by atoms with Crippen LogP contribution in [0.25, 0.3) is 0 Å². The van der Waals surface area contributed by atoms with Crippen molar-refractivity contribution >= 4 is 23.7 Å². The van der Waals surface area contributed by atoms with Crippen molar-refractivity contribution in [3.8, 4) is 0 Å². The number of nitrogens with two attached hydrogens (primary N) is 4. The minimum atomic E-state index is -0.744.